The first kappa shape index (κ1) is 16.0. The second-order valence-electron chi connectivity index (χ2n) is 4.86. The second kappa shape index (κ2) is 8.16. The minimum Gasteiger partial charge on any atom is -0.389 e. The van der Waals surface area contributed by atoms with Crippen LogP contribution in [0.2, 0.25) is 0 Å². The van der Waals surface area contributed by atoms with Gasteiger partial charge in [0.2, 0.25) is 0 Å². The Labute approximate surface area is 128 Å². The summed E-state index contributed by atoms with van der Waals surface area (Å²) >= 11 is 0. The SMILES string of the molecule is C[C@H](OC[C@H](O)CNC(=O)Nc1cn[nH]c1)c1ccccc1. The lowest BCUT2D eigenvalue weighted by molar-refractivity contribution is -0.000953. The van der Waals surface area contributed by atoms with E-state index in [2.05, 4.69) is 20.8 Å². The van der Waals surface area contributed by atoms with Crippen molar-refractivity contribution < 1.29 is 14.6 Å². The summed E-state index contributed by atoms with van der Waals surface area (Å²) in [7, 11) is 0. The predicted molar refractivity (Wildman–Crippen MR) is 82.4 cm³/mol. The fourth-order valence-electron chi connectivity index (χ4n) is 1.84. The third-order valence-electron chi connectivity index (χ3n) is 3.06. The Morgan fingerprint density at radius 2 is 2.18 bits per heavy atom. The standard InChI is InChI=1S/C15H20N4O3/c1-11(12-5-3-2-4-6-12)22-10-14(20)9-16-15(21)19-13-7-17-18-8-13/h2-8,11,14,20H,9-10H2,1H3,(H,17,18)(H2,16,19,21)/t11-,14+/m0/s1. The van der Waals surface area contributed by atoms with E-state index < -0.39 is 12.1 Å². The summed E-state index contributed by atoms with van der Waals surface area (Å²) in [5.74, 6) is 0. The molecular weight excluding hydrogens is 284 g/mol. The van der Waals surface area contributed by atoms with Crippen LogP contribution in [0.3, 0.4) is 0 Å². The lowest BCUT2D eigenvalue weighted by Crippen LogP contribution is -2.37. The number of aliphatic hydroxyl groups is 1. The molecule has 0 aliphatic carbocycles. The first-order chi connectivity index (χ1) is 10.6. The van der Waals surface area contributed by atoms with Crippen molar-refractivity contribution in [2.45, 2.75) is 19.1 Å². The molecule has 0 aliphatic rings. The summed E-state index contributed by atoms with van der Waals surface area (Å²) in [6.07, 6.45) is 2.15. The number of carbonyl (C=O) groups excluding carboxylic acids is 1. The number of ether oxygens (including phenoxy) is 1. The third kappa shape index (κ3) is 5.19. The number of hydrogen-bond donors (Lipinski definition) is 4. The van der Waals surface area contributed by atoms with Gasteiger partial charge in [-0.1, -0.05) is 30.3 Å². The van der Waals surface area contributed by atoms with Gasteiger partial charge in [0.05, 0.1) is 30.7 Å². The zero-order chi connectivity index (χ0) is 15.8. The minimum atomic E-state index is -0.777. The molecule has 22 heavy (non-hydrogen) atoms. The van der Waals surface area contributed by atoms with E-state index in [1.54, 1.807) is 6.20 Å². The van der Waals surface area contributed by atoms with E-state index in [-0.39, 0.29) is 19.3 Å². The molecule has 2 rings (SSSR count). The molecule has 2 atom stereocenters. The van der Waals surface area contributed by atoms with Crippen LogP contribution in [0.1, 0.15) is 18.6 Å². The molecule has 0 radical (unpaired) electrons. The van der Waals surface area contributed by atoms with Crippen LogP contribution >= 0.6 is 0 Å². The fourth-order valence-corrected chi connectivity index (χ4v) is 1.84. The Morgan fingerprint density at radius 3 is 2.86 bits per heavy atom. The van der Waals surface area contributed by atoms with Crippen molar-refractivity contribution in [2.75, 3.05) is 18.5 Å². The molecule has 7 nitrogen and oxygen atoms in total. The molecule has 0 unspecified atom stereocenters. The number of aromatic amines is 1. The van der Waals surface area contributed by atoms with Crippen LogP contribution in [0.15, 0.2) is 42.7 Å². The van der Waals surface area contributed by atoms with Gasteiger partial charge in [-0.15, -0.1) is 0 Å². The van der Waals surface area contributed by atoms with Crippen LogP contribution in [0, 0.1) is 0 Å². The van der Waals surface area contributed by atoms with Gasteiger partial charge in [-0.25, -0.2) is 4.79 Å². The number of anilines is 1. The van der Waals surface area contributed by atoms with Gasteiger partial charge >= 0.3 is 6.03 Å². The largest absolute Gasteiger partial charge is 0.389 e. The maximum Gasteiger partial charge on any atom is 0.319 e. The van der Waals surface area contributed by atoms with Crippen LogP contribution < -0.4 is 10.6 Å². The highest BCUT2D eigenvalue weighted by Gasteiger charge is 2.11. The number of H-pyrrole nitrogens is 1. The van der Waals surface area contributed by atoms with Crippen molar-refractivity contribution in [2.24, 2.45) is 0 Å². The van der Waals surface area contributed by atoms with Crippen molar-refractivity contribution in [3.8, 4) is 0 Å². The van der Waals surface area contributed by atoms with Crippen LogP contribution in [0.25, 0.3) is 0 Å². The van der Waals surface area contributed by atoms with Gasteiger partial charge in [-0.3, -0.25) is 5.10 Å². The summed E-state index contributed by atoms with van der Waals surface area (Å²) < 4.78 is 5.59. The van der Waals surface area contributed by atoms with E-state index in [1.807, 2.05) is 37.3 Å². The molecular formula is C15H20N4O3. The van der Waals surface area contributed by atoms with Crippen LogP contribution in [-0.4, -0.2) is 40.6 Å². The number of rotatable bonds is 7. The predicted octanol–water partition coefficient (Wildman–Crippen LogP) is 1.67. The van der Waals surface area contributed by atoms with Crippen LogP contribution in [0.5, 0.6) is 0 Å². The summed E-state index contributed by atoms with van der Waals surface area (Å²) in [5.41, 5.74) is 1.60. The quantitative estimate of drug-likeness (QED) is 0.625. The van der Waals surface area contributed by atoms with E-state index in [4.69, 9.17) is 4.74 Å². The summed E-state index contributed by atoms with van der Waals surface area (Å²) in [6, 6.07) is 9.34. The Morgan fingerprint density at radius 1 is 1.41 bits per heavy atom. The molecule has 0 bridgehead atoms. The van der Waals surface area contributed by atoms with Crippen LogP contribution in [-0.2, 0) is 4.74 Å². The van der Waals surface area contributed by atoms with Crippen molar-refractivity contribution in [1.82, 2.24) is 15.5 Å². The number of aliphatic hydroxyl groups excluding tert-OH is 1. The second-order valence-corrected chi connectivity index (χ2v) is 4.86. The molecule has 7 heteroatoms. The van der Waals surface area contributed by atoms with E-state index in [0.717, 1.165) is 5.56 Å². The Bertz CT molecular complexity index is 559. The molecule has 118 valence electrons. The highest BCUT2D eigenvalue weighted by atomic mass is 16.5. The van der Waals surface area contributed by atoms with Gasteiger partial charge in [0, 0.05) is 12.7 Å². The lowest BCUT2D eigenvalue weighted by Gasteiger charge is -2.17. The first-order valence-electron chi connectivity index (χ1n) is 7.03. The molecule has 2 aromatic rings. The smallest absolute Gasteiger partial charge is 0.319 e. The molecule has 1 aromatic carbocycles. The maximum atomic E-state index is 11.6. The van der Waals surface area contributed by atoms with Gasteiger partial charge in [0.15, 0.2) is 0 Å². The van der Waals surface area contributed by atoms with Gasteiger partial charge in [-0.2, -0.15) is 5.10 Å². The molecule has 4 N–H and O–H groups in total. The van der Waals surface area contributed by atoms with E-state index in [9.17, 15) is 9.90 Å². The highest BCUT2D eigenvalue weighted by molar-refractivity contribution is 5.88. The number of nitrogens with zero attached hydrogens (tertiary/aromatic N) is 1. The first-order valence-corrected chi connectivity index (χ1v) is 7.03. The minimum absolute atomic E-state index is 0.102. The van der Waals surface area contributed by atoms with Crippen molar-refractivity contribution >= 4 is 11.7 Å². The summed E-state index contributed by atoms with van der Waals surface area (Å²) in [5, 5.41) is 21.3. The Balaban J connectivity index is 1.65. The Hall–Kier alpha value is -2.38. The number of nitrogens with one attached hydrogen (secondary N) is 3. The number of aromatic nitrogens is 2. The molecule has 0 fully saturated rings. The van der Waals surface area contributed by atoms with Crippen molar-refractivity contribution in [1.29, 1.82) is 0 Å². The van der Waals surface area contributed by atoms with E-state index in [0.29, 0.717) is 5.69 Å². The molecule has 2 amide bonds. The van der Waals surface area contributed by atoms with E-state index >= 15 is 0 Å². The number of urea groups is 1. The number of amides is 2. The third-order valence-corrected chi connectivity index (χ3v) is 3.06. The van der Waals surface area contributed by atoms with Gasteiger partial charge in [0.25, 0.3) is 0 Å². The number of carbonyl (C=O) groups is 1. The van der Waals surface area contributed by atoms with Gasteiger partial charge in [0.1, 0.15) is 0 Å². The molecule has 1 heterocycles. The molecule has 0 saturated carbocycles. The number of benzene rings is 1. The topological polar surface area (TPSA) is 99.3 Å². The Kier molecular flexibility index (Phi) is 5.93. The molecule has 0 aliphatic heterocycles. The van der Waals surface area contributed by atoms with Crippen LogP contribution in [0.4, 0.5) is 10.5 Å². The summed E-state index contributed by atoms with van der Waals surface area (Å²) in [6.45, 7) is 2.16. The van der Waals surface area contributed by atoms with Crippen molar-refractivity contribution in [3.05, 3.63) is 48.3 Å². The molecule has 0 spiro atoms. The normalized spacial score (nSPS) is 13.4. The van der Waals surface area contributed by atoms with Gasteiger partial charge in [-0.05, 0) is 12.5 Å². The highest BCUT2D eigenvalue weighted by Crippen LogP contribution is 2.15. The fraction of sp³-hybridized carbons (Fsp3) is 0.333. The summed E-state index contributed by atoms with van der Waals surface area (Å²) in [4.78, 5) is 11.6. The maximum absolute atomic E-state index is 11.6. The molecule has 0 saturated heterocycles. The lowest BCUT2D eigenvalue weighted by atomic mass is 10.1. The van der Waals surface area contributed by atoms with Gasteiger partial charge < -0.3 is 20.5 Å². The number of hydrogen-bond acceptors (Lipinski definition) is 4. The van der Waals surface area contributed by atoms with E-state index in [1.165, 1.54) is 6.20 Å². The monoisotopic (exact) mass is 304 g/mol. The zero-order valence-electron chi connectivity index (χ0n) is 12.3. The molecule has 1 aromatic heterocycles. The van der Waals surface area contributed by atoms with Crippen molar-refractivity contribution in [3.63, 3.8) is 0 Å². The zero-order valence-corrected chi connectivity index (χ0v) is 12.3. The average Bonchev–Trinajstić information content (AvgIpc) is 3.04. The average molecular weight is 304 g/mol.